The molecule has 2 rings (SSSR count). The predicted molar refractivity (Wildman–Crippen MR) is 63.6 cm³/mol. The Morgan fingerprint density at radius 1 is 1.41 bits per heavy atom. The summed E-state index contributed by atoms with van der Waals surface area (Å²) in [6.07, 6.45) is 0.974. The molecule has 1 saturated heterocycles. The number of pyridine rings is 1. The third kappa shape index (κ3) is 2.74. The highest BCUT2D eigenvalue weighted by atomic mass is 16.5. The van der Waals surface area contributed by atoms with Crippen LogP contribution >= 0.6 is 0 Å². The minimum Gasteiger partial charge on any atom is -0.478 e. The largest absolute Gasteiger partial charge is 0.478 e. The van der Waals surface area contributed by atoms with E-state index in [0.29, 0.717) is 12.3 Å². The molecule has 5 heteroatoms. The maximum absolute atomic E-state index is 10.9. The van der Waals surface area contributed by atoms with Crippen LogP contribution in [0, 0.1) is 6.92 Å². The summed E-state index contributed by atoms with van der Waals surface area (Å²) in [6, 6.07) is 3.38. The van der Waals surface area contributed by atoms with Gasteiger partial charge in [0.1, 0.15) is 5.82 Å². The fraction of sp³-hybridized carbons (Fsp3) is 0.500. The third-order valence-corrected chi connectivity index (χ3v) is 2.85. The number of nitrogens with zero attached hydrogens (tertiary/aromatic N) is 2. The fourth-order valence-corrected chi connectivity index (χ4v) is 1.93. The first-order valence-electron chi connectivity index (χ1n) is 5.72. The van der Waals surface area contributed by atoms with E-state index in [1.807, 2.05) is 0 Å². The Kier molecular flexibility index (Phi) is 3.58. The van der Waals surface area contributed by atoms with Gasteiger partial charge in [0.05, 0.1) is 17.9 Å². The van der Waals surface area contributed by atoms with Crippen LogP contribution in [0.2, 0.25) is 0 Å². The average molecular weight is 236 g/mol. The van der Waals surface area contributed by atoms with Crippen molar-refractivity contribution in [2.75, 3.05) is 31.2 Å². The Morgan fingerprint density at radius 2 is 2.24 bits per heavy atom. The number of aryl methyl sites for hydroxylation is 1. The highest BCUT2D eigenvalue weighted by Crippen LogP contribution is 2.16. The summed E-state index contributed by atoms with van der Waals surface area (Å²) in [5.74, 6) is -0.0984. The lowest BCUT2D eigenvalue weighted by atomic mass is 10.2. The Labute approximate surface area is 100 Å². The maximum atomic E-state index is 10.9. The van der Waals surface area contributed by atoms with E-state index < -0.39 is 5.97 Å². The second-order valence-electron chi connectivity index (χ2n) is 4.06. The zero-order chi connectivity index (χ0) is 12.3. The lowest BCUT2D eigenvalue weighted by molar-refractivity contribution is 0.0695. The van der Waals surface area contributed by atoms with E-state index in [0.717, 1.165) is 31.9 Å². The molecule has 1 aliphatic rings. The molecule has 0 bridgehead atoms. The van der Waals surface area contributed by atoms with E-state index in [1.54, 1.807) is 19.1 Å². The Morgan fingerprint density at radius 3 is 2.94 bits per heavy atom. The number of carbonyl (C=O) groups is 1. The van der Waals surface area contributed by atoms with E-state index >= 15 is 0 Å². The predicted octanol–water partition coefficient (Wildman–Crippen LogP) is 1.31. The number of carboxylic acid groups (broad SMARTS) is 1. The van der Waals surface area contributed by atoms with Gasteiger partial charge in [-0.1, -0.05) is 0 Å². The Hall–Kier alpha value is -1.62. The lowest BCUT2D eigenvalue weighted by Gasteiger charge is -2.21. The van der Waals surface area contributed by atoms with Crippen LogP contribution in [0.1, 0.15) is 22.5 Å². The van der Waals surface area contributed by atoms with Gasteiger partial charge in [-0.3, -0.25) is 0 Å². The Bertz CT molecular complexity index is 412. The van der Waals surface area contributed by atoms with E-state index in [9.17, 15) is 4.79 Å². The van der Waals surface area contributed by atoms with Crippen molar-refractivity contribution in [3.8, 4) is 0 Å². The quantitative estimate of drug-likeness (QED) is 0.839. The van der Waals surface area contributed by atoms with Gasteiger partial charge in [0.15, 0.2) is 0 Å². The molecular formula is C12H16N2O3. The number of ether oxygens (including phenoxy) is 1. The van der Waals surface area contributed by atoms with Gasteiger partial charge in [-0.05, 0) is 25.5 Å². The molecule has 0 aromatic carbocycles. The van der Waals surface area contributed by atoms with Crippen molar-refractivity contribution in [3.05, 3.63) is 23.4 Å². The van der Waals surface area contributed by atoms with Gasteiger partial charge in [0, 0.05) is 19.7 Å². The SMILES string of the molecule is Cc1nc(N2CCCOCC2)ccc1C(=O)O. The molecule has 0 atom stereocenters. The fourth-order valence-electron chi connectivity index (χ4n) is 1.93. The summed E-state index contributed by atoms with van der Waals surface area (Å²) < 4.78 is 5.37. The first-order valence-corrected chi connectivity index (χ1v) is 5.72. The van der Waals surface area contributed by atoms with Gasteiger partial charge >= 0.3 is 5.97 Å². The monoisotopic (exact) mass is 236 g/mol. The highest BCUT2D eigenvalue weighted by molar-refractivity contribution is 5.89. The van der Waals surface area contributed by atoms with Crippen LogP contribution < -0.4 is 4.90 Å². The van der Waals surface area contributed by atoms with Gasteiger partial charge in [0.2, 0.25) is 0 Å². The van der Waals surface area contributed by atoms with Gasteiger partial charge in [-0.15, -0.1) is 0 Å². The molecule has 1 fully saturated rings. The van der Waals surface area contributed by atoms with Crippen LogP contribution in [0.25, 0.3) is 0 Å². The van der Waals surface area contributed by atoms with E-state index in [4.69, 9.17) is 9.84 Å². The smallest absolute Gasteiger partial charge is 0.337 e. The maximum Gasteiger partial charge on any atom is 0.337 e. The molecule has 5 nitrogen and oxygen atoms in total. The van der Waals surface area contributed by atoms with E-state index in [1.165, 1.54) is 0 Å². The summed E-state index contributed by atoms with van der Waals surface area (Å²) >= 11 is 0. The molecule has 1 aromatic rings. The molecule has 0 radical (unpaired) electrons. The second-order valence-corrected chi connectivity index (χ2v) is 4.06. The minimum atomic E-state index is -0.930. The number of rotatable bonds is 2. The molecule has 2 heterocycles. The molecular weight excluding hydrogens is 220 g/mol. The first kappa shape index (κ1) is 11.9. The van der Waals surface area contributed by atoms with Gasteiger partial charge in [-0.25, -0.2) is 9.78 Å². The molecule has 0 spiro atoms. The van der Waals surface area contributed by atoms with E-state index in [-0.39, 0.29) is 5.56 Å². The summed E-state index contributed by atoms with van der Waals surface area (Å²) in [5.41, 5.74) is 0.819. The first-order chi connectivity index (χ1) is 8.18. The van der Waals surface area contributed by atoms with Gasteiger partial charge < -0.3 is 14.7 Å². The summed E-state index contributed by atoms with van der Waals surface area (Å²) in [6.45, 7) is 4.91. The standard InChI is InChI=1S/C12H16N2O3/c1-9-10(12(15)16)3-4-11(13-9)14-5-2-7-17-8-6-14/h3-4H,2,5-8H2,1H3,(H,15,16). The molecule has 0 amide bonds. The minimum absolute atomic E-state index is 0.264. The van der Waals surface area contributed by atoms with Crippen LogP contribution in [0.3, 0.4) is 0 Å². The van der Waals surface area contributed by atoms with Crippen molar-refractivity contribution in [1.82, 2.24) is 4.98 Å². The number of anilines is 1. The third-order valence-electron chi connectivity index (χ3n) is 2.85. The van der Waals surface area contributed by atoms with Crippen LogP contribution in [-0.2, 0) is 4.74 Å². The summed E-state index contributed by atoms with van der Waals surface area (Å²) in [4.78, 5) is 17.4. The van der Waals surface area contributed by atoms with Gasteiger partial charge in [0.25, 0.3) is 0 Å². The number of aromatic carboxylic acids is 1. The van der Waals surface area contributed by atoms with Gasteiger partial charge in [-0.2, -0.15) is 0 Å². The van der Waals surface area contributed by atoms with Crippen molar-refractivity contribution in [1.29, 1.82) is 0 Å². The van der Waals surface area contributed by atoms with Crippen LogP contribution in [0.15, 0.2) is 12.1 Å². The topological polar surface area (TPSA) is 62.7 Å². The highest BCUT2D eigenvalue weighted by Gasteiger charge is 2.14. The number of hydrogen-bond donors (Lipinski definition) is 1. The zero-order valence-electron chi connectivity index (χ0n) is 9.85. The zero-order valence-corrected chi connectivity index (χ0v) is 9.85. The molecule has 1 N–H and O–H groups in total. The molecule has 0 aliphatic carbocycles. The van der Waals surface area contributed by atoms with Crippen molar-refractivity contribution in [3.63, 3.8) is 0 Å². The molecule has 1 aliphatic heterocycles. The molecule has 1 aromatic heterocycles. The molecule has 0 saturated carbocycles. The van der Waals surface area contributed by atoms with Crippen LogP contribution in [0.4, 0.5) is 5.82 Å². The van der Waals surface area contributed by atoms with Crippen molar-refractivity contribution >= 4 is 11.8 Å². The molecule has 17 heavy (non-hydrogen) atoms. The van der Waals surface area contributed by atoms with Crippen molar-refractivity contribution in [2.45, 2.75) is 13.3 Å². The van der Waals surface area contributed by atoms with E-state index in [2.05, 4.69) is 9.88 Å². The number of hydrogen-bond acceptors (Lipinski definition) is 4. The average Bonchev–Trinajstić information content (AvgIpc) is 2.56. The summed E-state index contributed by atoms with van der Waals surface area (Å²) in [7, 11) is 0. The Balaban J connectivity index is 2.21. The van der Waals surface area contributed by atoms with Crippen LogP contribution in [-0.4, -0.2) is 42.4 Å². The number of aromatic nitrogens is 1. The van der Waals surface area contributed by atoms with Crippen LogP contribution in [0.5, 0.6) is 0 Å². The number of carboxylic acids is 1. The van der Waals surface area contributed by atoms with Crippen molar-refractivity contribution in [2.24, 2.45) is 0 Å². The lowest BCUT2D eigenvalue weighted by Crippen LogP contribution is -2.27. The van der Waals surface area contributed by atoms with Crippen molar-refractivity contribution < 1.29 is 14.6 Å². The normalized spacial score (nSPS) is 16.6. The second kappa shape index (κ2) is 5.14. The molecule has 0 unspecified atom stereocenters. The summed E-state index contributed by atoms with van der Waals surface area (Å²) in [5, 5.41) is 8.94. The molecule has 92 valence electrons.